The van der Waals surface area contributed by atoms with E-state index < -0.39 is 17.4 Å². The topological polar surface area (TPSA) is 101 Å². The minimum atomic E-state index is -1.60. The minimum absolute atomic E-state index is 0. The van der Waals surface area contributed by atoms with Gasteiger partial charge in [0.2, 0.25) is 5.95 Å². The maximum atomic E-state index is 11.4. The smallest absolute Gasteiger partial charge is 0.858 e. The van der Waals surface area contributed by atoms with Gasteiger partial charge in [-0.05, 0) is 24.1 Å². The number of anilines is 1. The summed E-state index contributed by atoms with van der Waals surface area (Å²) < 4.78 is 0. The summed E-state index contributed by atoms with van der Waals surface area (Å²) in [5.74, 6) is -2.47. The molecule has 0 amide bonds. The van der Waals surface area contributed by atoms with Crippen LogP contribution < -0.4 is 74.6 Å². The van der Waals surface area contributed by atoms with Gasteiger partial charge in [-0.2, -0.15) is 0 Å². The second-order valence-corrected chi connectivity index (χ2v) is 4.89. The Hall–Kier alpha value is -0.0500. The first-order valence-corrected chi connectivity index (χ1v) is 6.67. The number of halogens is 2. The molecule has 110 valence electrons. The molecule has 6 nitrogen and oxygen atoms in total. The van der Waals surface area contributed by atoms with Crippen molar-refractivity contribution >= 4 is 35.1 Å². The van der Waals surface area contributed by atoms with Crippen molar-refractivity contribution in [2.75, 3.05) is 11.9 Å². The molecule has 10 heteroatoms. The molecular weight excluding hydrogens is 363 g/mol. The Kier molecular flexibility index (Phi) is 10.7. The first-order valence-electron chi connectivity index (χ1n) is 5.91. The molecule has 0 saturated carbocycles. The molecule has 0 aliphatic heterocycles. The molecule has 1 N–H and O–H groups in total. The van der Waals surface area contributed by atoms with E-state index in [4.69, 9.17) is 23.2 Å². The number of carbonyl (C=O) groups is 1. The molecule has 0 spiro atoms. The van der Waals surface area contributed by atoms with E-state index in [1.54, 1.807) is 18.2 Å². The fourth-order valence-electron chi connectivity index (χ4n) is 1.66. The van der Waals surface area contributed by atoms with Crippen molar-refractivity contribution in [3.63, 3.8) is 0 Å². The summed E-state index contributed by atoms with van der Waals surface area (Å²) in [6, 6.07) is 5.19. The molecule has 0 aliphatic rings. The number of rotatable bonds is 5. The Morgan fingerprint density at radius 1 is 1.22 bits per heavy atom. The van der Waals surface area contributed by atoms with Gasteiger partial charge in [-0.3, -0.25) is 0 Å². The van der Waals surface area contributed by atoms with Crippen molar-refractivity contribution in [3.8, 4) is 5.88 Å². The SMILES string of the molecule is O=C([O-])c1cnc(NCCc2c(Cl)cccc2Cl)nc1[O-].[Na+].[Na+]. The molecule has 0 bridgehead atoms. The molecule has 0 aliphatic carbocycles. The molecule has 0 saturated heterocycles. The average Bonchev–Trinajstić information content (AvgIpc) is 2.42. The summed E-state index contributed by atoms with van der Waals surface area (Å²) in [6.45, 7) is 0.383. The van der Waals surface area contributed by atoms with Gasteiger partial charge in [0, 0.05) is 34.2 Å². The van der Waals surface area contributed by atoms with Gasteiger partial charge in [0.05, 0.1) is 5.97 Å². The standard InChI is InChI=1S/C13H11Cl2N3O3.2Na/c14-9-2-1-3-10(15)7(9)4-5-16-13-17-6-8(12(20)21)11(19)18-13;;/h1-3,6H,4-5H2,(H,20,21)(H2,16,17,18,19);;/q;2*+1/p-2. The van der Waals surface area contributed by atoms with E-state index in [0.29, 0.717) is 23.0 Å². The third-order valence-corrected chi connectivity index (χ3v) is 3.40. The Bertz CT molecular complexity index is 669. The molecule has 1 aromatic carbocycles. The number of hydrogen-bond acceptors (Lipinski definition) is 6. The van der Waals surface area contributed by atoms with E-state index in [-0.39, 0.29) is 65.1 Å². The number of carboxylic acids is 1. The molecule has 0 radical (unpaired) electrons. The molecule has 2 rings (SSSR count). The Labute approximate surface area is 187 Å². The van der Waals surface area contributed by atoms with Gasteiger partial charge in [-0.25, -0.2) is 9.97 Å². The third kappa shape index (κ3) is 6.40. The molecule has 1 heterocycles. The van der Waals surface area contributed by atoms with Crippen LogP contribution in [0.2, 0.25) is 10.0 Å². The normalized spacial score (nSPS) is 9.48. The van der Waals surface area contributed by atoms with Gasteiger partial charge in [0.15, 0.2) is 0 Å². The monoisotopic (exact) mass is 371 g/mol. The number of hydrogen-bond donors (Lipinski definition) is 1. The quantitative estimate of drug-likeness (QED) is 0.527. The van der Waals surface area contributed by atoms with Gasteiger partial charge in [-0.1, -0.05) is 29.3 Å². The number of carbonyl (C=O) groups excluding carboxylic acids is 1. The van der Waals surface area contributed by atoms with Crippen LogP contribution in [0.15, 0.2) is 24.4 Å². The Morgan fingerprint density at radius 3 is 2.35 bits per heavy atom. The number of carboxylic acid groups (broad SMARTS) is 1. The molecule has 23 heavy (non-hydrogen) atoms. The zero-order valence-corrected chi connectivity index (χ0v) is 18.1. The minimum Gasteiger partial charge on any atom is -0.858 e. The third-order valence-electron chi connectivity index (χ3n) is 2.69. The van der Waals surface area contributed by atoms with Crippen LogP contribution in [-0.4, -0.2) is 22.5 Å². The second kappa shape index (κ2) is 10.7. The van der Waals surface area contributed by atoms with Crippen LogP contribution in [0.3, 0.4) is 0 Å². The van der Waals surface area contributed by atoms with Crippen LogP contribution in [0.25, 0.3) is 0 Å². The number of aromatic carboxylic acids is 1. The maximum Gasteiger partial charge on any atom is 1.00 e. The van der Waals surface area contributed by atoms with Crippen molar-refractivity contribution in [2.24, 2.45) is 0 Å². The van der Waals surface area contributed by atoms with E-state index >= 15 is 0 Å². The van der Waals surface area contributed by atoms with Crippen molar-refractivity contribution < 1.29 is 74.1 Å². The molecule has 0 atom stereocenters. The molecular formula is C13H9Cl2N3Na2O3. The molecule has 2 aromatic rings. The van der Waals surface area contributed by atoms with Gasteiger partial charge in [-0.15, -0.1) is 0 Å². The van der Waals surface area contributed by atoms with Gasteiger partial charge >= 0.3 is 59.1 Å². The molecule has 1 aromatic heterocycles. The Morgan fingerprint density at radius 2 is 1.83 bits per heavy atom. The predicted molar refractivity (Wildman–Crippen MR) is 74.5 cm³/mol. The van der Waals surface area contributed by atoms with E-state index in [2.05, 4.69) is 15.3 Å². The maximum absolute atomic E-state index is 11.4. The predicted octanol–water partition coefficient (Wildman–Crippen LogP) is -5.12. The van der Waals surface area contributed by atoms with Crippen LogP contribution in [0.4, 0.5) is 5.95 Å². The largest absolute Gasteiger partial charge is 1.00 e. The summed E-state index contributed by atoms with van der Waals surface area (Å²) in [7, 11) is 0. The van der Waals surface area contributed by atoms with Gasteiger partial charge in [0.1, 0.15) is 0 Å². The van der Waals surface area contributed by atoms with E-state index in [1.807, 2.05) is 0 Å². The van der Waals surface area contributed by atoms with Crippen LogP contribution in [0.1, 0.15) is 15.9 Å². The summed E-state index contributed by atoms with van der Waals surface area (Å²) in [6.07, 6.45) is 1.41. The second-order valence-electron chi connectivity index (χ2n) is 4.08. The zero-order valence-electron chi connectivity index (χ0n) is 12.6. The number of nitrogens with zero attached hydrogens (tertiary/aromatic N) is 2. The fraction of sp³-hybridized carbons (Fsp3) is 0.154. The van der Waals surface area contributed by atoms with Crippen LogP contribution in [0, 0.1) is 0 Å². The Balaban J connectivity index is 0.00000242. The summed E-state index contributed by atoms with van der Waals surface area (Å²) >= 11 is 12.1. The van der Waals surface area contributed by atoms with Crippen LogP contribution >= 0.6 is 23.2 Å². The van der Waals surface area contributed by atoms with Gasteiger partial charge < -0.3 is 20.3 Å². The zero-order chi connectivity index (χ0) is 15.4. The van der Waals surface area contributed by atoms with Crippen molar-refractivity contribution in [2.45, 2.75) is 6.42 Å². The van der Waals surface area contributed by atoms with E-state index in [1.165, 1.54) is 0 Å². The summed E-state index contributed by atoms with van der Waals surface area (Å²) in [4.78, 5) is 17.8. The fourth-order valence-corrected chi connectivity index (χ4v) is 2.25. The van der Waals surface area contributed by atoms with Crippen molar-refractivity contribution in [1.29, 1.82) is 0 Å². The van der Waals surface area contributed by atoms with E-state index in [0.717, 1.165) is 11.8 Å². The summed E-state index contributed by atoms with van der Waals surface area (Å²) in [5, 5.41) is 25.8. The number of benzene rings is 1. The van der Waals surface area contributed by atoms with Crippen molar-refractivity contribution in [3.05, 3.63) is 45.6 Å². The molecule has 0 fully saturated rings. The summed E-state index contributed by atoms with van der Waals surface area (Å²) in [5.41, 5.74) is 0.191. The number of nitrogens with one attached hydrogen (secondary N) is 1. The first kappa shape index (κ1) is 22.9. The van der Waals surface area contributed by atoms with Gasteiger partial charge in [0.25, 0.3) is 0 Å². The van der Waals surface area contributed by atoms with Crippen LogP contribution in [-0.2, 0) is 6.42 Å². The van der Waals surface area contributed by atoms with E-state index in [9.17, 15) is 15.0 Å². The van der Waals surface area contributed by atoms with Crippen LogP contribution in [0.5, 0.6) is 5.88 Å². The first-order chi connectivity index (χ1) is 9.99. The average molecular weight is 372 g/mol. The number of aromatic nitrogens is 2. The van der Waals surface area contributed by atoms with Crippen molar-refractivity contribution in [1.82, 2.24) is 9.97 Å². The molecule has 0 unspecified atom stereocenters.